The van der Waals surface area contributed by atoms with Gasteiger partial charge in [0.1, 0.15) is 5.75 Å². The molecule has 4 rings (SSSR count). The Labute approximate surface area is 188 Å². The van der Waals surface area contributed by atoms with E-state index in [0.29, 0.717) is 54.8 Å². The maximum absolute atomic E-state index is 12.9. The first-order valence-corrected chi connectivity index (χ1v) is 11.2. The van der Waals surface area contributed by atoms with Gasteiger partial charge in [0.25, 0.3) is 5.91 Å². The molecule has 2 aromatic rings. The van der Waals surface area contributed by atoms with Crippen LogP contribution in [0.1, 0.15) is 45.1 Å². The van der Waals surface area contributed by atoms with Crippen molar-refractivity contribution in [2.75, 3.05) is 25.2 Å². The molecule has 0 radical (unpaired) electrons. The van der Waals surface area contributed by atoms with Gasteiger partial charge in [0.2, 0.25) is 12.7 Å². The van der Waals surface area contributed by atoms with Gasteiger partial charge in [-0.05, 0) is 55.5 Å². The molecule has 0 bridgehead atoms. The lowest BCUT2D eigenvalue weighted by Crippen LogP contribution is -2.46. The van der Waals surface area contributed by atoms with E-state index >= 15 is 0 Å². The van der Waals surface area contributed by atoms with Crippen molar-refractivity contribution in [3.8, 4) is 17.2 Å². The molecule has 0 saturated carbocycles. The van der Waals surface area contributed by atoms with E-state index in [2.05, 4.69) is 25.2 Å². The van der Waals surface area contributed by atoms with Crippen LogP contribution in [0.15, 0.2) is 42.5 Å². The number of piperidine rings is 1. The summed E-state index contributed by atoms with van der Waals surface area (Å²) >= 11 is 0. The number of likely N-dealkylation sites (tertiary alicyclic amines) is 1. The summed E-state index contributed by atoms with van der Waals surface area (Å²) < 4.78 is 16.6. The first-order valence-electron chi connectivity index (χ1n) is 11.2. The van der Waals surface area contributed by atoms with Crippen molar-refractivity contribution in [3.05, 3.63) is 48.0 Å². The highest BCUT2D eigenvalue weighted by Crippen LogP contribution is 2.34. The number of amides is 2. The number of rotatable bonds is 6. The summed E-state index contributed by atoms with van der Waals surface area (Å²) in [7, 11) is 0. The van der Waals surface area contributed by atoms with Crippen LogP contribution in [-0.2, 0) is 9.59 Å². The largest absolute Gasteiger partial charge is 0.481 e. The molecule has 32 heavy (non-hydrogen) atoms. The summed E-state index contributed by atoms with van der Waals surface area (Å²) in [5, 5.41) is 2.95. The molecule has 7 nitrogen and oxygen atoms in total. The lowest BCUT2D eigenvalue weighted by atomic mass is 9.95. The van der Waals surface area contributed by atoms with Crippen molar-refractivity contribution in [3.63, 3.8) is 0 Å². The molecule has 7 heteroatoms. The molecule has 1 unspecified atom stereocenters. The number of ether oxygens (including phenoxy) is 3. The maximum Gasteiger partial charge on any atom is 0.263 e. The molecule has 2 aromatic carbocycles. The summed E-state index contributed by atoms with van der Waals surface area (Å²) in [5.74, 6) is 2.20. The first-order chi connectivity index (χ1) is 15.4. The van der Waals surface area contributed by atoms with Crippen LogP contribution in [0.3, 0.4) is 0 Å². The third kappa shape index (κ3) is 4.98. The lowest BCUT2D eigenvalue weighted by molar-refractivity contribution is -0.140. The van der Waals surface area contributed by atoms with E-state index in [9.17, 15) is 9.59 Å². The van der Waals surface area contributed by atoms with Gasteiger partial charge in [-0.2, -0.15) is 0 Å². The van der Waals surface area contributed by atoms with Gasteiger partial charge in [-0.25, -0.2) is 0 Å². The Morgan fingerprint density at radius 2 is 1.78 bits per heavy atom. The minimum atomic E-state index is -0.573. The molecular formula is C25H30N2O5. The van der Waals surface area contributed by atoms with E-state index in [1.54, 1.807) is 30.0 Å². The van der Waals surface area contributed by atoms with Crippen molar-refractivity contribution < 1.29 is 23.8 Å². The van der Waals surface area contributed by atoms with Crippen LogP contribution in [0.25, 0.3) is 0 Å². The number of carbonyl (C=O) groups excluding carboxylic acids is 2. The van der Waals surface area contributed by atoms with E-state index < -0.39 is 6.10 Å². The van der Waals surface area contributed by atoms with Crippen LogP contribution in [0.2, 0.25) is 0 Å². The van der Waals surface area contributed by atoms with Gasteiger partial charge in [0.15, 0.2) is 17.6 Å². The van der Waals surface area contributed by atoms with Gasteiger partial charge in [0.05, 0.1) is 0 Å². The number of carbonyl (C=O) groups is 2. The second-order valence-corrected chi connectivity index (χ2v) is 8.64. The van der Waals surface area contributed by atoms with E-state index in [1.807, 2.05) is 18.2 Å². The molecule has 2 aliphatic rings. The van der Waals surface area contributed by atoms with Crippen LogP contribution in [-0.4, -0.2) is 42.7 Å². The monoisotopic (exact) mass is 438 g/mol. The highest BCUT2D eigenvalue weighted by atomic mass is 16.7. The van der Waals surface area contributed by atoms with E-state index in [1.165, 1.54) is 5.56 Å². The standard InChI is InChI=1S/C25H30N2O5/c1-16(2)19-5-4-6-21(13-19)32-17(3)25(29)27-11-9-18(10-12-27)24(28)26-20-7-8-22-23(14-20)31-15-30-22/h4-8,13-14,16-18H,9-12,15H2,1-3H3,(H,26,28). The van der Waals surface area contributed by atoms with E-state index in [0.717, 1.165) is 0 Å². The van der Waals surface area contributed by atoms with Crippen molar-refractivity contribution in [2.45, 2.75) is 45.6 Å². The number of anilines is 1. The topological polar surface area (TPSA) is 77.1 Å². The van der Waals surface area contributed by atoms with Crippen LogP contribution < -0.4 is 19.5 Å². The highest BCUT2D eigenvalue weighted by molar-refractivity contribution is 5.93. The average molecular weight is 439 g/mol. The van der Waals surface area contributed by atoms with Crippen LogP contribution in [0.5, 0.6) is 17.2 Å². The molecule has 1 fully saturated rings. The average Bonchev–Trinajstić information content (AvgIpc) is 3.26. The Kier molecular flexibility index (Phi) is 6.53. The molecule has 1 N–H and O–H groups in total. The van der Waals surface area contributed by atoms with Crippen molar-refractivity contribution in [2.24, 2.45) is 5.92 Å². The van der Waals surface area contributed by atoms with Gasteiger partial charge in [-0.1, -0.05) is 26.0 Å². The third-order valence-corrected chi connectivity index (χ3v) is 6.00. The van der Waals surface area contributed by atoms with Gasteiger partial charge in [-0.3, -0.25) is 9.59 Å². The number of nitrogens with zero attached hydrogens (tertiary/aromatic N) is 1. The van der Waals surface area contributed by atoms with Crippen LogP contribution >= 0.6 is 0 Å². The molecule has 2 heterocycles. The quantitative estimate of drug-likeness (QED) is 0.732. The van der Waals surface area contributed by atoms with E-state index in [-0.39, 0.29) is 24.5 Å². The maximum atomic E-state index is 12.9. The molecule has 0 spiro atoms. The number of benzene rings is 2. The fraction of sp³-hybridized carbons (Fsp3) is 0.440. The molecule has 0 aromatic heterocycles. The number of fused-ring (bicyclic) bond motifs is 1. The van der Waals surface area contributed by atoms with Gasteiger partial charge < -0.3 is 24.4 Å². The van der Waals surface area contributed by atoms with E-state index in [4.69, 9.17) is 14.2 Å². The lowest BCUT2D eigenvalue weighted by Gasteiger charge is -2.33. The van der Waals surface area contributed by atoms with Gasteiger partial charge >= 0.3 is 0 Å². The second-order valence-electron chi connectivity index (χ2n) is 8.64. The first kappa shape index (κ1) is 22.0. The summed E-state index contributed by atoms with van der Waals surface area (Å²) in [4.78, 5) is 27.4. The highest BCUT2D eigenvalue weighted by Gasteiger charge is 2.30. The fourth-order valence-electron chi connectivity index (χ4n) is 4.04. The SMILES string of the molecule is CC(Oc1cccc(C(C)C)c1)C(=O)N1CCC(C(=O)Nc2ccc3c(c2)OCO3)CC1. The zero-order chi connectivity index (χ0) is 22.7. The zero-order valence-corrected chi connectivity index (χ0v) is 18.8. The third-order valence-electron chi connectivity index (χ3n) is 6.00. The molecule has 0 aliphatic carbocycles. The Balaban J connectivity index is 1.27. The van der Waals surface area contributed by atoms with Crippen LogP contribution in [0.4, 0.5) is 5.69 Å². The predicted octanol–water partition coefficient (Wildman–Crippen LogP) is 4.18. The Bertz CT molecular complexity index is 982. The minimum Gasteiger partial charge on any atom is -0.481 e. The Hall–Kier alpha value is -3.22. The van der Waals surface area contributed by atoms with Crippen molar-refractivity contribution in [1.29, 1.82) is 0 Å². The molecule has 2 aliphatic heterocycles. The summed E-state index contributed by atoms with van der Waals surface area (Å²) in [6.45, 7) is 7.31. The molecule has 1 saturated heterocycles. The molecule has 2 amide bonds. The number of hydrogen-bond acceptors (Lipinski definition) is 5. The summed E-state index contributed by atoms with van der Waals surface area (Å²) in [6.07, 6.45) is 0.673. The molecular weight excluding hydrogens is 408 g/mol. The smallest absolute Gasteiger partial charge is 0.263 e. The number of hydrogen-bond donors (Lipinski definition) is 1. The zero-order valence-electron chi connectivity index (χ0n) is 18.8. The minimum absolute atomic E-state index is 0.0363. The van der Waals surface area contributed by atoms with Gasteiger partial charge in [0, 0.05) is 30.8 Å². The Morgan fingerprint density at radius 1 is 1.03 bits per heavy atom. The Morgan fingerprint density at radius 3 is 2.53 bits per heavy atom. The normalized spacial score (nSPS) is 16.7. The second kappa shape index (κ2) is 9.51. The summed E-state index contributed by atoms with van der Waals surface area (Å²) in [5.41, 5.74) is 1.86. The number of nitrogens with one attached hydrogen (secondary N) is 1. The van der Waals surface area contributed by atoms with Crippen LogP contribution in [0, 0.1) is 5.92 Å². The van der Waals surface area contributed by atoms with Crippen molar-refractivity contribution >= 4 is 17.5 Å². The predicted molar refractivity (Wildman–Crippen MR) is 121 cm³/mol. The van der Waals surface area contributed by atoms with Gasteiger partial charge in [-0.15, -0.1) is 0 Å². The molecule has 170 valence electrons. The molecule has 1 atom stereocenters. The van der Waals surface area contributed by atoms with Crippen molar-refractivity contribution in [1.82, 2.24) is 4.90 Å². The fourth-order valence-corrected chi connectivity index (χ4v) is 4.04. The summed E-state index contributed by atoms with van der Waals surface area (Å²) in [6, 6.07) is 13.2.